The summed E-state index contributed by atoms with van der Waals surface area (Å²) in [5.74, 6) is 0.820. The van der Waals surface area contributed by atoms with Crippen LogP contribution in [0.2, 0.25) is 0 Å². The largest absolute Gasteiger partial charge is 0.490 e. The fourth-order valence-electron chi connectivity index (χ4n) is 2.66. The van der Waals surface area contributed by atoms with E-state index in [1.54, 1.807) is 0 Å². The van der Waals surface area contributed by atoms with Crippen molar-refractivity contribution in [1.29, 1.82) is 0 Å². The number of benzene rings is 1. The summed E-state index contributed by atoms with van der Waals surface area (Å²) in [6.45, 7) is 0.496. The van der Waals surface area contributed by atoms with Crippen LogP contribution in [0.3, 0.4) is 0 Å². The average Bonchev–Trinajstić information content (AvgIpc) is 3.01. The van der Waals surface area contributed by atoms with E-state index in [-0.39, 0.29) is 5.91 Å². The number of carbonyl (C=O) groups excluding carboxylic acids is 2. The third-order valence-electron chi connectivity index (χ3n) is 3.87. The maximum Gasteiger partial charge on any atom is 0.312 e. The predicted molar refractivity (Wildman–Crippen MR) is 89.4 cm³/mol. The lowest BCUT2D eigenvalue weighted by molar-refractivity contribution is -0.116. The first kappa shape index (κ1) is 17.1. The molecule has 0 aromatic heterocycles. The first-order valence-electron chi connectivity index (χ1n) is 8.23. The minimum atomic E-state index is -0.533. The zero-order valence-corrected chi connectivity index (χ0v) is 13.3. The van der Waals surface area contributed by atoms with Gasteiger partial charge < -0.3 is 21.1 Å². The normalized spacial score (nSPS) is 14.4. The lowest BCUT2D eigenvalue weighted by Gasteiger charge is -2.13. The number of rotatable bonds is 8. The van der Waals surface area contributed by atoms with Crippen LogP contribution in [0.15, 0.2) is 24.3 Å². The number of amides is 3. The van der Waals surface area contributed by atoms with Crippen molar-refractivity contribution in [2.45, 2.75) is 51.0 Å². The van der Waals surface area contributed by atoms with Gasteiger partial charge in [0.05, 0.1) is 6.10 Å². The average molecular weight is 319 g/mol. The second-order valence-electron chi connectivity index (χ2n) is 5.85. The number of hydrogen-bond acceptors (Lipinski definition) is 3. The van der Waals surface area contributed by atoms with E-state index in [0.29, 0.717) is 25.5 Å². The molecular weight excluding hydrogens is 294 g/mol. The predicted octanol–water partition coefficient (Wildman–Crippen LogP) is 2.79. The fourth-order valence-corrected chi connectivity index (χ4v) is 2.66. The van der Waals surface area contributed by atoms with Crippen molar-refractivity contribution in [3.8, 4) is 5.75 Å². The lowest BCUT2D eigenvalue weighted by atomic mass is 10.2. The molecule has 0 bridgehead atoms. The summed E-state index contributed by atoms with van der Waals surface area (Å²) < 4.78 is 5.89. The molecular formula is C17H25N3O3. The number of ether oxygens (including phenoxy) is 1. The van der Waals surface area contributed by atoms with Crippen molar-refractivity contribution >= 4 is 17.6 Å². The molecule has 0 saturated heterocycles. The van der Waals surface area contributed by atoms with Crippen LogP contribution >= 0.6 is 0 Å². The Morgan fingerprint density at radius 1 is 1.13 bits per heavy atom. The molecule has 1 aromatic carbocycles. The van der Waals surface area contributed by atoms with Crippen LogP contribution in [-0.4, -0.2) is 24.6 Å². The smallest absolute Gasteiger partial charge is 0.312 e. The highest BCUT2D eigenvalue weighted by Crippen LogP contribution is 2.25. The van der Waals surface area contributed by atoms with Gasteiger partial charge in [0.2, 0.25) is 5.91 Å². The van der Waals surface area contributed by atoms with Gasteiger partial charge in [-0.2, -0.15) is 0 Å². The maximum atomic E-state index is 11.8. The van der Waals surface area contributed by atoms with Gasteiger partial charge in [0.25, 0.3) is 0 Å². The Morgan fingerprint density at radius 3 is 2.48 bits per heavy atom. The summed E-state index contributed by atoms with van der Waals surface area (Å²) >= 11 is 0. The molecule has 6 heteroatoms. The van der Waals surface area contributed by atoms with Crippen LogP contribution in [0.4, 0.5) is 10.5 Å². The highest BCUT2D eigenvalue weighted by molar-refractivity contribution is 5.90. The molecule has 4 N–H and O–H groups in total. The second kappa shape index (κ2) is 9.02. The van der Waals surface area contributed by atoms with Crippen LogP contribution < -0.4 is 21.1 Å². The zero-order valence-electron chi connectivity index (χ0n) is 13.3. The van der Waals surface area contributed by atoms with Crippen molar-refractivity contribution in [2.24, 2.45) is 5.73 Å². The van der Waals surface area contributed by atoms with Gasteiger partial charge in [0, 0.05) is 18.7 Å². The van der Waals surface area contributed by atoms with E-state index in [2.05, 4.69) is 10.6 Å². The summed E-state index contributed by atoms with van der Waals surface area (Å²) in [5, 5.41) is 5.35. The van der Waals surface area contributed by atoms with Crippen molar-refractivity contribution in [2.75, 3.05) is 11.9 Å². The van der Waals surface area contributed by atoms with Gasteiger partial charge in [0.15, 0.2) is 0 Å². The molecule has 3 amide bonds. The molecule has 6 nitrogen and oxygen atoms in total. The minimum Gasteiger partial charge on any atom is -0.490 e. The van der Waals surface area contributed by atoms with Crippen LogP contribution in [0.5, 0.6) is 5.75 Å². The van der Waals surface area contributed by atoms with Crippen LogP contribution in [0.25, 0.3) is 0 Å². The van der Waals surface area contributed by atoms with Crippen molar-refractivity contribution in [3.63, 3.8) is 0 Å². The Labute approximate surface area is 136 Å². The monoisotopic (exact) mass is 319 g/mol. The number of primary amides is 1. The third-order valence-corrected chi connectivity index (χ3v) is 3.87. The summed E-state index contributed by atoms with van der Waals surface area (Å²) in [7, 11) is 0. The molecule has 0 aliphatic heterocycles. The Bertz CT molecular complexity index is 510. The second-order valence-corrected chi connectivity index (χ2v) is 5.85. The molecule has 1 aliphatic rings. The molecule has 0 radical (unpaired) electrons. The molecule has 0 heterocycles. The number of anilines is 1. The summed E-state index contributed by atoms with van der Waals surface area (Å²) in [6.07, 6.45) is 6.93. The molecule has 126 valence electrons. The molecule has 0 atom stereocenters. The topological polar surface area (TPSA) is 93.5 Å². The van der Waals surface area contributed by atoms with E-state index < -0.39 is 6.03 Å². The van der Waals surface area contributed by atoms with E-state index in [1.165, 1.54) is 12.8 Å². The first-order valence-corrected chi connectivity index (χ1v) is 8.23. The summed E-state index contributed by atoms with van der Waals surface area (Å²) in [6, 6.07) is 6.97. The summed E-state index contributed by atoms with van der Waals surface area (Å²) in [4.78, 5) is 22.3. The Balaban J connectivity index is 1.66. The van der Waals surface area contributed by atoms with Gasteiger partial charge in [-0.05, 0) is 62.8 Å². The molecule has 1 fully saturated rings. The molecule has 2 rings (SSSR count). The van der Waals surface area contributed by atoms with Crippen molar-refractivity contribution in [1.82, 2.24) is 5.32 Å². The number of nitrogens with two attached hydrogens (primary N) is 1. The number of urea groups is 1. The maximum absolute atomic E-state index is 11.8. The van der Waals surface area contributed by atoms with E-state index in [1.807, 2.05) is 24.3 Å². The SMILES string of the molecule is NC(=O)NCCCCC(=O)Nc1ccc(OC2CCCC2)cc1. The minimum absolute atomic E-state index is 0.0338. The molecule has 1 saturated carbocycles. The van der Waals surface area contributed by atoms with Gasteiger partial charge in [-0.15, -0.1) is 0 Å². The number of nitrogens with one attached hydrogen (secondary N) is 2. The van der Waals surface area contributed by atoms with Crippen molar-refractivity contribution in [3.05, 3.63) is 24.3 Å². The Kier molecular flexibility index (Phi) is 6.72. The summed E-state index contributed by atoms with van der Waals surface area (Å²) in [5.41, 5.74) is 5.73. The highest BCUT2D eigenvalue weighted by atomic mass is 16.5. The van der Waals surface area contributed by atoms with E-state index >= 15 is 0 Å². The Hall–Kier alpha value is -2.24. The standard InChI is InChI=1S/C17H25N3O3/c18-17(22)19-12-4-3-7-16(21)20-13-8-10-15(11-9-13)23-14-5-1-2-6-14/h8-11,14H,1-7,12H2,(H,20,21)(H3,18,19,22). The lowest BCUT2D eigenvalue weighted by Crippen LogP contribution is -2.30. The molecule has 0 spiro atoms. The van der Waals surface area contributed by atoms with Gasteiger partial charge in [-0.1, -0.05) is 0 Å². The first-order chi connectivity index (χ1) is 11.1. The van der Waals surface area contributed by atoms with Gasteiger partial charge in [-0.3, -0.25) is 4.79 Å². The fraction of sp³-hybridized carbons (Fsp3) is 0.529. The van der Waals surface area contributed by atoms with E-state index in [4.69, 9.17) is 10.5 Å². The quantitative estimate of drug-likeness (QED) is 0.643. The third kappa shape index (κ3) is 6.59. The van der Waals surface area contributed by atoms with Gasteiger partial charge in [-0.25, -0.2) is 4.79 Å². The van der Waals surface area contributed by atoms with E-state index in [0.717, 1.165) is 30.7 Å². The Morgan fingerprint density at radius 2 is 1.83 bits per heavy atom. The van der Waals surface area contributed by atoms with Crippen LogP contribution in [-0.2, 0) is 4.79 Å². The zero-order chi connectivity index (χ0) is 16.5. The van der Waals surface area contributed by atoms with Crippen LogP contribution in [0, 0.1) is 0 Å². The molecule has 1 aromatic rings. The number of unbranched alkanes of at least 4 members (excludes halogenated alkanes) is 1. The number of hydrogen-bond donors (Lipinski definition) is 3. The molecule has 23 heavy (non-hydrogen) atoms. The van der Waals surface area contributed by atoms with Crippen LogP contribution in [0.1, 0.15) is 44.9 Å². The van der Waals surface area contributed by atoms with Gasteiger partial charge in [0.1, 0.15) is 5.75 Å². The number of carbonyl (C=O) groups is 2. The molecule has 1 aliphatic carbocycles. The van der Waals surface area contributed by atoms with E-state index in [9.17, 15) is 9.59 Å². The van der Waals surface area contributed by atoms with Gasteiger partial charge >= 0.3 is 6.03 Å². The highest BCUT2D eigenvalue weighted by Gasteiger charge is 2.16. The van der Waals surface area contributed by atoms with Crippen molar-refractivity contribution < 1.29 is 14.3 Å². The molecule has 0 unspecified atom stereocenters.